The average Bonchev–Trinajstić information content (AvgIpc) is 2.75. The Bertz CT molecular complexity index is 983. The number of hydrogen-bond donors (Lipinski definition) is 2. The zero-order valence-corrected chi connectivity index (χ0v) is 16.4. The van der Waals surface area contributed by atoms with E-state index in [9.17, 15) is 9.59 Å². The number of ketones is 1. The van der Waals surface area contributed by atoms with E-state index in [4.69, 9.17) is 4.74 Å². The average molecular weight is 389 g/mol. The summed E-state index contributed by atoms with van der Waals surface area (Å²) in [5, 5.41) is 6.03. The first-order valence-corrected chi connectivity index (χ1v) is 9.30. The zero-order chi connectivity index (χ0) is 20.6. The molecule has 0 atom stereocenters. The fraction of sp³-hybridized carbons (Fsp3) is 0.174. The molecule has 0 aliphatic carbocycles. The van der Waals surface area contributed by atoms with Gasteiger partial charge in [0.1, 0.15) is 11.6 Å². The van der Waals surface area contributed by atoms with E-state index in [0.717, 1.165) is 23.4 Å². The fourth-order valence-corrected chi connectivity index (χ4v) is 2.78. The van der Waals surface area contributed by atoms with Crippen molar-refractivity contribution in [2.24, 2.45) is 0 Å². The van der Waals surface area contributed by atoms with E-state index in [1.807, 2.05) is 36.4 Å². The summed E-state index contributed by atoms with van der Waals surface area (Å²) in [5.41, 5.74) is 3.00. The lowest BCUT2D eigenvalue weighted by Gasteiger charge is -2.09. The van der Waals surface area contributed by atoms with Crippen LogP contribution in [0.15, 0.2) is 66.9 Å². The molecule has 2 aromatic carbocycles. The fourth-order valence-electron chi connectivity index (χ4n) is 2.78. The Morgan fingerprint density at radius 3 is 2.45 bits per heavy atom. The van der Waals surface area contributed by atoms with Gasteiger partial charge in [0, 0.05) is 24.0 Å². The quantitative estimate of drug-likeness (QED) is 0.569. The number of aromatic nitrogens is 1. The summed E-state index contributed by atoms with van der Waals surface area (Å²) in [7, 11) is 1.63. The van der Waals surface area contributed by atoms with Crippen molar-refractivity contribution < 1.29 is 14.3 Å². The van der Waals surface area contributed by atoms with Crippen LogP contribution in [-0.4, -0.2) is 30.3 Å². The molecule has 6 nitrogen and oxygen atoms in total. The molecule has 0 saturated heterocycles. The van der Waals surface area contributed by atoms with Gasteiger partial charge in [0.05, 0.1) is 12.7 Å². The van der Waals surface area contributed by atoms with E-state index < -0.39 is 0 Å². The van der Waals surface area contributed by atoms with Crippen LogP contribution in [0.1, 0.15) is 33.2 Å². The molecule has 0 aliphatic heterocycles. The molecule has 3 aromatic rings. The van der Waals surface area contributed by atoms with Crippen molar-refractivity contribution in [1.82, 2.24) is 10.3 Å². The van der Waals surface area contributed by atoms with Crippen LogP contribution in [0, 0.1) is 0 Å². The predicted molar refractivity (Wildman–Crippen MR) is 113 cm³/mol. The Labute approximate surface area is 169 Å². The molecule has 1 heterocycles. The van der Waals surface area contributed by atoms with Crippen LogP contribution in [0.3, 0.4) is 0 Å². The molecular weight excluding hydrogens is 366 g/mol. The molecule has 0 fully saturated rings. The summed E-state index contributed by atoms with van der Waals surface area (Å²) >= 11 is 0. The number of amides is 1. The third-order valence-corrected chi connectivity index (χ3v) is 4.43. The van der Waals surface area contributed by atoms with Crippen LogP contribution >= 0.6 is 0 Å². The maximum Gasteiger partial charge on any atom is 0.252 e. The molecule has 148 valence electrons. The van der Waals surface area contributed by atoms with E-state index in [-0.39, 0.29) is 11.7 Å². The Hall–Kier alpha value is -3.67. The predicted octanol–water partition coefficient (Wildman–Crippen LogP) is 4.01. The van der Waals surface area contributed by atoms with Crippen molar-refractivity contribution in [3.8, 4) is 5.75 Å². The highest BCUT2D eigenvalue weighted by molar-refractivity contribution is 5.95. The first-order valence-electron chi connectivity index (χ1n) is 9.30. The number of ether oxygens (including phenoxy) is 1. The van der Waals surface area contributed by atoms with Crippen LogP contribution in [0.4, 0.5) is 11.5 Å². The number of nitrogens with one attached hydrogen (secondary N) is 2. The third-order valence-electron chi connectivity index (χ3n) is 4.43. The van der Waals surface area contributed by atoms with Gasteiger partial charge in [0.25, 0.3) is 5.91 Å². The SMILES string of the molecule is COc1ccc(CCNC(=O)c2ccc(Nc3cccc(C(C)=O)c3)nc2)cc1. The minimum absolute atomic E-state index is 0.00303. The van der Waals surface area contributed by atoms with Crippen molar-refractivity contribution in [1.29, 1.82) is 0 Å². The zero-order valence-electron chi connectivity index (χ0n) is 16.4. The number of rotatable bonds is 8. The molecule has 3 rings (SSSR count). The Balaban J connectivity index is 1.53. The summed E-state index contributed by atoms with van der Waals surface area (Å²) < 4.78 is 5.14. The Morgan fingerprint density at radius 2 is 1.79 bits per heavy atom. The highest BCUT2D eigenvalue weighted by Crippen LogP contribution is 2.17. The number of carbonyl (C=O) groups is 2. The van der Waals surface area contributed by atoms with Crippen LogP contribution < -0.4 is 15.4 Å². The molecule has 0 radical (unpaired) electrons. The minimum atomic E-state index is -0.170. The van der Waals surface area contributed by atoms with Gasteiger partial charge in [-0.3, -0.25) is 9.59 Å². The second kappa shape index (κ2) is 9.50. The lowest BCUT2D eigenvalue weighted by Crippen LogP contribution is -2.25. The summed E-state index contributed by atoms with van der Waals surface area (Å²) in [5.74, 6) is 1.24. The number of Topliss-reactive ketones (excluding diaryl/α,β-unsaturated/α-hetero) is 1. The van der Waals surface area contributed by atoms with Crippen LogP contribution in [0.5, 0.6) is 5.75 Å². The Morgan fingerprint density at radius 1 is 1.00 bits per heavy atom. The van der Waals surface area contributed by atoms with Crippen molar-refractivity contribution in [2.75, 3.05) is 19.0 Å². The second-order valence-corrected chi connectivity index (χ2v) is 6.55. The smallest absolute Gasteiger partial charge is 0.252 e. The first kappa shape index (κ1) is 20.1. The van der Waals surface area contributed by atoms with Crippen LogP contribution in [0.2, 0.25) is 0 Å². The third kappa shape index (κ3) is 5.65. The summed E-state index contributed by atoms with van der Waals surface area (Å²) in [6.07, 6.45) is 2.26. The number of pyridine rings is 1. The van der Waals surface area contributed by atoms with Gasteiger partial charge in [-0.2, -0.15) is 0 Å². The largest absolute Gasteiger partial charge is 0.497 e. The van der Waals surface area contributed by atoms with E-state index in [1.165, 1.54) is 13.1 Å². The van der Waals surface area contributed by atoms with Gasteiger partial charge in [0.2, 0.25) is 0 Å². The number of carbonyl (C=O) groups excluding carboxylic acids is 2. The van der Waals surface area contributed by atoms with Gasteiger partial charge in [0.15, 0.2) is 5.78 Å². The standard InChI is InChI=1S/C23H23N3O3/c1-16(27)18-4-3-5-20(14-18)26-22-11-8-19(15-25-22)23(28)24-13-12-17-6-9-21(29-2)10-7-17/h3-11,14-15H,12-13H2,1-2H3,(H,24,28)(H,25,26). The monoisotopic (exact) mass is 389 g/mol. The highest BCUT2D eigenvalue weighted by Gasteiger charge is 2.07. The summed E-state index contributed by atoms with van der Waals surface area (Å²) in [6.45, 7) is 2.06. The normalized spacial score (nSPS) is 10.3. The maximum atomic E-state index is 12.3. The number of anilines is 2. The lowest BCUT2D eigenvalue weighted by atomic mass is 10.1. The van der Waals surface area contributed by atoms with Crippen LogP contribution in [-0.2, 0) is 6.42 Å². The number of methoxy groups -OCH3 is 1. The van der Waals surface area contributed by atoms with Gasteiger partial charge >= 0.3 is 0 Å². The molecule has 0 unspecified atom stereocenters. The van der Waals surface area contributed by atoms with Gasteiger partial charge in [-0.1, -0.05) is 24.3 Å². The lowest BCUT2D eigenvalue weighted by molar-refractivity contribution is 0.0952. The molecular formula is C23H23N3O3. The van der Waals surface area contributed by atoms with E-state index in [2.05, 4.69) is 15.6 Å². The van der Waals surface area contributed by atoms with Gasteiger partial charge in [-0.15, -0.1) is 0 Å². The molecule has 1 amide bonds. The highest BCUT2D eigenvalue weighted by atomic mass is 16.5. The van der Waals surface area contributed by atoms with E-state index >= 15 is 0 Å². The number of nitrogens with zero attached hydrogens (tertiary/aromatic N) is 1. The second-order valence-electron chi connectivity index (χ2n) is 6.55. The molecule has 2 N–H and O–H groups in total. The topological polar surface area (TPSA) is 80.3 Å². The summed E-state index contributed by atoms with van der Waals surface area (Å²) in [4.78, 5) is 28.1. The minimum Gasteiger partial charge on any atom is -0.497 e. The van der Waals surface area contributed by atoms with Gasteiger partial charge in [-0.25, -0.2) is 4.98 Å². The number of benzene rings is 2. The molecule has 0 saturated carbocycles. The van der Waals surface area contributed by atoms with Gasteiger partial charge in [-0.05, 0) is 55.3 Å². The van der Waals surface area contributed by atoms with Crippen molar-refractivity contribution in [3.05, 3.63) is 83.6 Å². The molecule has 29 heavy (non-hydrogen) atoms. The summed E-state index contributed by atoms with van der Waals surface area (Å²) in [6, 6.07) is 18.4. The molecule has 1 aromatic heterocycles. The molecule has 0 aliphatic rings. The van der Waals surface area contributed by atoms with E-state index in [1.54, 1.807) is 31.4 Å². The first-order chi connectivity index (χ1) is 14.0. The van der Waals surface area contributed by atoms with Crippen LogP contribution in [0.25, 0.3) is 0 Å². The maximum absolute atomic E-state index is 12.3. The van der Waals surface area contributed by atoms with Crippen molar-refractivity contribution >= 4 is 23.2 Å². The molecule has 6 heteroatoms. The Kier molecular flexibility index (Phi) is 6.58. The van der Waals surface area contributed by atoms with Crippen molar-refractivity contribution in [2.45, 2.75) is 13.3 Å². The van der Waals surface area contributed by atoms with Gasteiger partial charge < -0.3 is 15.4 Å². The van der Waals surface area contributed by atoms with E-state index in [0.29, 0.717) is 23.5 Å². The molecule has 0 bridgehead atoms. The number of hydrogen-bond acceptors (Lipinski definition) is 5. The van der Waals surface area contributed by atoms with Crippen molar-refractivity contribution in [3.63, 3.8) is 0 Å². The molecule has 0 spiro atoms.